The molecule has 0 radical (unpaired) electrons. The number of hydrogen-bond acceptors (Lipinski definition) is 4. The zero-order valence-corrected chi connectivity index (χ0v) is 48.5. The second kappa shape index (κ2) is 16.2. The fourth-order valence-electron chi connectivity index (χ4n) is 14.3. The molecule has 1 fully saturated rings. The Kier molecular flexibility index (Phi) is 10.7. The van der Waals surface area contributed by atoms with Crippen molar-refractivity contribution in [3.63, 3.8) is 0 Å². The molecule has 2 unspecified atom stereocenters. The first-order chi connectivity index (χ1) is 35.1. The van der Waals surface area contributed by atoms with Crippen LogP contribution in [0.2, 0.25) is 0 Å². The average Bonchev–Trinajstić information content (AvgIpc) is 4.00. The summed E-state index contributed by atoms with van der Waals surface area (Å²) in [5, 5.41) is 2.33. The zero-order chi connectivity index (χ0) is 53.4. The highest BCUT2D eigenvalue weighted by Gasteiger charge is 2.62. The lowest BCUT2D eigenvalue weighted by atomic mass is 9.33. The lowest BCUT2D eigenvalue weighted by molar-refractivity contribution is 0.195. The van der Waals surface area contributed by atoms with Crippen LogP contribution in [0.5, 0.6) is 0 Å². The number of nitrogens with zero attached hydrogens (tertiary/aromatic N) is 3. The number of para-hydroxylation sites is 1. The Bertz CT molecular complexity index is 3630. The van der Waals surface area contributed by atoms with E-state index in [2.05, 4.69) is 249 Å². The molecule has 0 N–H and O–H groups in total. The minimum absolute atomic E-state index is 0.00787. The molecule has 1 saturated carbocycles. The number of furan rings is 1. The highest BCUT2D eigenvalue weighted by atomic mass is 16.3. The summed E-state index contributed by atoms with van der Waals surface area (Å²) in [6.45, 7) is 42.8. The van der Waals surface area contributed by atoms with Gasteiger partial charge in [0.25, 0.3) is 6.71 Å². The van der Waals surface area contributed by atoms with Crippen LogP contribution in [0.15, 0.2) is 114 Å². The van der Waals surface area contributed by atoms with Crippen molar-refractivity contribution in [2.75, 3.05) is 14.7 Å². The van der Waals surface area contributed by atoms with Gasteiger partial charge in [-0.1, -0.05) is 176 Å². The minimum atomic E-state index is -0.161. The maximum absolute atomic E-state index is 6.92. The van der Waals surface area contributed by atoms with Crippen LogP contribution in [0.4, 0.5) is 45.5 Å². The van der Waals surface area contributed by atoms with Gasteiger partial charge in [0.2, 0.25) is 0 Å². The van der Waals surface area contributed by atoms with Gasteiger partial charge in [0.1, 0.15) is 11.2 Å². The van der Waals surface area contributed by atoms with Crippen LogP contribution in [-0.4, -0.2) is 12.3 Å². The third-order valence-corrected chi connectivity index (χ3v) is 18.8. The summed E-state index contributed by atoms with van der Waals surface area (Å²) >= 11 is 0. The van der Waals surface area contributed by atoms with Gasteiger partial charge in [-0.3, -0.25) is 0 Å². The topological polar surface area (TPSA) is 22.9 Å². The fraction of sp³-hybridized carbons (Fsp3) is 0.400. The van der Waals surface area contributed by atoms with Crippen LogP contribution >= 0.6 is 0 Å². The molecule has 4 nitrogen and oxygen atoms in total. The first kappa shape index (κ1) is 49.7. The van der Waals surface area contributed by atoms with Gasteiger partial charge in [0.05, 0.1) is 28.0 Å². The van der Waals surface area contributed by atoms with E-state index in [-0.39, 0.29) is 39.3 Å². The molecule has 3 aliphatic heterocycles. The molecule has 7 aromatic carbocycles. The van der Waals surface area contributed by atoms with E-state index in [0.29, 0.717) is 0 Å². The van der Waals surface area contributed by atoms with Crippen molar-refractivity contribution in [3.05, 3.63) is 159 Å². The maximum Gasteiger partial charge on any atom is 0.252 e. The van der Waals surface area contributed by atoms with Crippen molar-refractivity contribution in [2.45, 2.75) is 183 Å². The van der Waals surface area contributed by atoms with Gasteiger partial charge in [0.15, 0.2) is 0 Å². The highest BCUT2D eigenvalue weighted by Crippen LogP contribution is 2.63. The molecule has 2 atom stereocenters. The molecule has 0 saturated heterocycles. The summed E-state index contributed by atoms with van der Waals surface area (Å²) in [5.74, 6) is 0. The normalized spacial score (nSPS) is 19.1. The third-order valence-electron chi connectivity index (χ3n) is 18.8. The Labute approximate surface area is 449 Å². The molecule has 0 bridgehead atoms. The molecular formula is C70H80BN3O. The van der Waals surface area contributed by atoms with Crippen LogP contribution < -0.4 is 31.1 Å². The van der Waals surface area contributed by atoms with Gasteiger partial charge >= 0.3 is 0 Å². The van der Waals surface area contributed by atoms with Gasteiger partial charge in [-0.2, -0.15) is 0 Å². The second-order valence-electron chi connectivity index (χ2n) is 28.0. The number of aryl methyl sites for hydroxylation is 4. The van der Waals surface area contributed by atoms with Crippen molar-refractivity contribution in [3.8, 4) is 0 Å². The summed E-state index contributed by atoms with van der Waals surface area (Å²) in [4.78, 5) is 8.26. The van der Waals surface area contributed by atoms with Gasteiger partial charge in [-0.15, -0.1) is 0 Å². The summed E-state index contributed by atoms with van der Waals surface area (Å²) < 4.78 is 6.92. The molecule has 0 spiro atoms. The van der Waals surface area contributed by atoms with E-state index in [9.17, 15) is 0 Å². The standard InChI is InChI=1S/C70H80BN3O/c1-41-33-45(65(5,6)7)25-28-54(41)72(55-29-26-46(34-42(55)2)66(8,9)10)49-39-56-61-57(40-49)74-63-51(69(17)31-21-22-32-70(69,74)18)37-48(68(14,15)16)38-53(63)71(61)52-27-30-59-60(50-23-19-20-24-58(50)75-59)64(52)73(56)62-43(3)35-47(36-44(62)4)67(11,12)13/h19-20,23-30,33-40H,21-22,31-32H2,1-18H3. The van der Waals surface area contributed by atoms with Gasteiger partial charge < -0.3 is 19.1 Å². The highest BCUT2D eigenvalue weighted by molar-refractivity contribution is 7.00. The molecule has 5 heteroatoms. The van der Waals surface area contributed by atoms with E-state index in [1.165, 1.54) is 137 Å². The molecule has 75 heavy (non-hydrogen) atoms. The van der Waals surface area contributed by atoms with Gasteiger partial charge in [-0.25, -0.2) is 0 Å². The van der Waals surface area contributed by atoms with Crippen LogP contribution in [0.3, 0.4) is 0 Å². The summed E-state index contributed by atoms with van der Waals surface area (Å²) in [6, 6.07) is 43.4. The zero-order valence-electron chi connectivity index (χ0n) is 48.5. The Morgan fingerprint density at radius 2 is 1.05 bits per heavy atom. The van der Waals surface area contributed by atoms with Crippen LogP contribution in [0.1, 0.15) is 173 Å². The van der Waals surface area contributed by atoms with E-state index in [1.807, 2.05) is 0 Å². The first-order valence-corrected chi connectivity index (χ1v) is 28.2. The maximum atomic E-state index is 6.92. The molecule has 4 heterocycles. The molecule has 1 aliphatic carbocycles. The third kappa shape index (κ3) is 7.21. The van der Waals surface area contributed by atoms with E-state index in [4.69, 9.17) is 4.42 Å². The Morgan fingerprint density at radius 3 is 1.64 bits per heavy atom. The first-order valence-electron chi connectivity index (χ1n) is 28.2. The smallest absolute Gasteiger partial charge is 0.252 e. The van der Waals surface area contributed by atoms with Crippen LogP contribution in [0.25, 0.3) is 21.9 Å². The van der Waals surface area contributed by atoms with Gasteiger partial charge in [0, 0.05) is 39.2 Å². The number of hydrogen-bond donors (Lipinski definition) is 0. The van der Waals surface area contributed by atoms with Crippen molar-refractivity contribution in [1.82, 2.24) is 0 Å². The second-order valence-corrected chi connectivity index (χ2v) is 28.0. The van der Waals surface area contributed by atoms with Crippen LogP contribution in [-0.2, 0) is 27.1 Å². The van der Waals surface area contributed by atoms with Crippen molar-refractivity contribution < 1.29 is 4.42 Å². The predicted molar refractivity (Wildman–Crippen MR) is 324 cm³/mol. The monoisotopic (exact) mass is 990 g/mol. The number of anilines is 8. The fourth-order valence-corrected chi connectivity index (χ4v) is 14.3. The molecule has 384 valence electrons. The van der Waals surface area contributed by atoms with E-state index in [0.717, 1.165) is 23.0 Å². The SMILES string of the molecule is Cc1cc(C(C)(C)C)ccc1N(c1cc2c3c(c1)N1c4c(cc(C(C)(C)C)cc4C4(C)CCCCC14C)B3c1ccc3oc4ccccc4c3c1N2c1c(C)cc(C(C)(C)C)cc1C)c1ccc(C(C)(C)C)cc1C. The molecule has 12 rings (SSSR count). The van der Waals surface area contributed by atoms with Crippen molar-refractivity contribution in [1.29, 1.82) is 0 Å². The summed E-state index contributed by atoms with van der Waals surface area (Å²) in [5.41, 5.74) is 27.9. The van der Waals surface area contributed by atoms with Crippen molar-refractivity contribution >= 4 is 90.5 Å². The lowest BCUT2D eigenvalue weighted by Crippen LogP contribution is -2.64. The van der Waals surface area contributed by atoms with Crippen molar-refractivity contribution in [2.24, 2.45) is 0 Å². The largest absolute Gasteiger partial charge is 0.456 e. The average molecular weight is 990 g/mol. The number of benzene rings is 7. The molecule has 4 aliphatic rings. The van der Waals surface area contributed by atoms with E-state index in [1.54, 1.807) is 0 Å². The van der Waals surface area contributed by atoms with E-state index < -0.39 is 0 Å². The molecular weight excluding hydrogens is 910 g/mol. The quantitative estimate of drug-likeness (QED) is 0.164. The Morgan fingerprint density at radius 1 is 0.507 bits per heavy atom. The minimum Gasteiger partial charge on any atom is -0.456 e. The summed E-state index contributed by atoms with van der Waals surface area (Å²) in [6.07, 6.45) is 4.75. The predicted octanol–water partition coefficient (Wildman–Crippen LogP) is 17.8. The Hall–Kier alpha value is -6.20. The summed E-state index contributed by atoms with van der Waals surface area (Å²) in [7, 11) is 0. The molecule has 8 aromatic rings. The number of fused-ring (bicyclic) bond motifs is 11. The molecule has 1 aromatic heterocycles. The molecule has 0 amide bonds. The number of rotatable bonds is 4. The van der Waals surface area contributed by atoms with Gasteiger partial charge in [-0.05, 0) is 172 Å². The lowest BCUT2D eigenvalue weighted by Gasteiger charge is -2.53. The Balaban J connectivity index is 1.28. The van der Waals surface area contributed by atoms with E-state index >= 15 is 0 Å². The van der Waals surface area contributed by atoms with Crippen LogP contribution in [0, 0.1) is 27.7 Å².